The van der Waals surface area contributed by atoms with Gasteiger partial charge in [-0.15, -0.1) is 0 Å². The van der Waals surface area contributed by atoms with E-state index in [0.717, 1.165) is 12.2 Å². The fourth-order valence-electron chi connectivity index (χ4n) is 12.2. The zero-order valence-corrected chi connectivity index (χ0v) is 69.4. The molecule has 0 spiro atoms. The molecule has 3 nitrogen and oxygen atoms in total. The van der Waals surface area contributed by atoms with E-state index in [1.807, 2.05) is 0 Å². The Morgan fingerprint density at radius 2 is 0.317 bits per heavy atom. The van der Waals surface area contributed by atoms with Gasteiger partial charge in [-0.05, 0) is 31.9 Å². The Morgan fingerprint density at radius 3 is 0.441 bits per heavy atom. The van der Waals surface area contributed by atoms with Crippen LogP contribution in [0.2, 0.25) is 48.4 Å². The molecule has 0 saturated heterocycles. The van der Waals surface area contributed by atoms with E-state index < -0.39 is 360 Å². The third kappa shape index (κ3) is 22.2. The van der Waals surface area contributed by atoms with Gasteiger partial charge < -0.3 is 10.2 Å². The molecule has 2 amide bonds. The molecule has 1 N–H and O–H groups in total. The molecule has 0 fully saturated rings. The number of benzene rings is 1. The molecule has 1 aromatic rings. The van der Waals surface area contributed by atoms with Crippen molar-refractivity contribution in [3.8, 4) is 0 Å². The van der Waals surface area contributed by atoms with Crippen LogP contribution in [0.15, 0.2) is 24.3 Å². The second kappa shape index (κ2) is 38.9. The van der Waals surface area contributed by atoms with Crippen LogP contribution in [0.25, 0.3) is 0 Å². The molecule has 862 valence electrons. The molecule has 0 aliphatic heterocycles. The molecule has 0 bridgehead atoms. The first kappa shape index (κ1) is 136. The number of amides is 2. The number of nitrogens with one attached hydrogen (secondary N) is 1. The third-order valence-electron chi connectivity index (χ3n) is 21.7. The number of carbonyl (C=O) groups excluding carboxylic acids is 1. The van der Waals surface area contributed by atoms with Gasteiger partial charge in [0.2, 0.25) is 0 Å². The molecule has 0 saturated carbocycles. The molecule has 1 rings (SSSR count). The first-order chi connectivity index (χ1) is 62.2. The highest BCUT2D eigenvalue weighted by atomic mass is 28.3. The first-order valence-electron chi connectivity index (χ1n) is 36.1. The number of anilines is 1. The van der Waals surface area contributed by atoms with Crippen molar-refractivity contribution in [2.24, 2.45) is 0 Å². The maximum absolute atomic E-state index is 15.9. The monoisotopic (exact) mass is 2370 g/mol. The molecule has 0 heterocycles. The zero-order chi connectivity index (χ0) is 118. The number of hydrogen-bond donors (Lipinski definition) is 1. The number of nitrogens with zero attached hydrogens (tertiary/aromatic N) is 1. The second-order valence-corrected chi connectivity index (χ2v) is 41.5. The summed E-state index contributed by atoms with van der Waals surface area (Å²) in [6.45, 7) is -5.28. The topological polar surface area (TPSA) is 32.3 Å². The first-order valence-corrected chi connectivity index (χ1v) is 41.7. The van der Waals surface area contributed by atoms with Crippen molar-refractivity contribution < 1.29 is 347 Å². The minimum atomic E-state index is -9.54. The Hall–Kier alpha value is -6.54. The standard InChI is InChI=1S/C62H44F78N2OSi2/c1-24-4-6-25(7-5-24)141-26(143)142(14-2-16-144(18-8-27(63,64)33(75,76)39(87,88)45(99,100)51(111,112)57(123,124)125,19-9-28(65,66)34(77,78)40(89,90)46(101,102)52(113,114)58(126,127)128)20-10-29(67,68)35(79,80)41(91,92)47(103,104)53(115,116)59(129,130)131)15-3-17-145(21-11-30(69,70)36(81,82)42(93,94)48(105,106)54(117,118)60(132,133)134,22-12-31(71,72)37(83,84)43(95,96)49(107,108)55(119,120)61(135,136)137)23-13-32(73,74)38(85,86)44(97,98)50(109,110)56(121,122)62(138,139)140/h4-7H,2-3,8-23H2,1H3,(H,141,143). The van der Waals surface area contributed by atoms with Crippen LogP contribution in [0.4, 0.5) is 353 Å². The highest BCUT2D eigenvalue weighted by Crippen LogP contribution is 2.71. The van der Waals surface area contributed by atoms with E-state index in [2.05, 4.69) is 0 Å². The minimum Gasteiger partial charge on any atom is -0.325 e. The van der Waals surface area contributed by atoms with Gasteiger partial charge in [0, 0.05) is 57.3 Å². The maximum Gasteiger partial charge on any atom is 0.460 e. The fraction of sp³-hybridized carbons (Fsp3) is 0.887. The molecule has 0 aromatic heterocycles. The molecule has 0 atom stereocenters. The highest BCUT2D eigenvalue weighted by molar-refractivity contribution is 6.80. The third-order valence-corrected chi connectivity index (χ3v) is 32.4. The SMILES string of the molecule is Cc1ccc(NC(=O)N(CCC[Si](CCC(F)(F)C(F)(F)C(F)(F)C(F)(F)C(F)(F)C(F)(F)F)(CCC(F)(F)C(F)(F)C(F)(F)C(F)(F)C(F)(F)C(F)(F)F)CCC(F)(F)C(F)(F)C(F)(F)C(F)(F)C(F)(F)C(F)(F)F)CCC[Si](CCC(F)(F)C(F)(F)C(F)(F)C(F)(F)C(F)(F)C(F)(F)F)(CCC(F)(F)C(F)(F)C(F)(F)C(F)(F)C(F)(F)C(F)(F)F)CCC(F)(F)C(F)(F)C(F)(F)C(F)(F)C(F)(F)C(F)(F)F)cc1. The number of alkyl halides is 78. The van der Waals surface area contributed by atoms with Crippen molar-refractivity contribution in [2.75, 3.05) is 18.4 Å². The van der Waals surface area contributed by atoms with Gasteiger partial charge in [-0.25, -0.2) is 4.79 Å². The van der Waals surface area contributed by atoms with Crippen LogP contribution in [-0.4, -0.2) is 255 Å². The van der Waals surface area contributed by atoms with Gasteiger partial charge in [-0.2, -0.15) is 342 Å². The van der Waals surface area contributed by atoms with Crippen LogP contribution >= 0.6 is 0 Å². The molecule has 1 aromatic carbocycles. The van der Waals surface area contributed by atoms with Crippen LogP contribution in [0.1, 0.15) is 56.9 Å². The average Bonchev–Trinajstić information content (AvgIpc) is 0.723. The van der Waals surface area contributed by atoms with E-state index in [9.17, 15) is 242 Å². The van der Waals surface area contributed by atoms with E-state index in [1.54, 1.807) is 0 Å². The molecule has 145 heavy (non-hydrogen) atoms. The van der Waals surface area contributed by atoms with Crippen LogP contribution in [0.5, 0.6) is 0 Å². The van der Waals surface area contributed by atoms with E-state index in [-0.39, 0.29) is 17.7 Å². The Kier molecular flexibility index (Phi) is 36.6. The quantitative estimate of drug-likeness (QED) is 0.0512. The summed E-state index contributed by atoms with van der Waals surface area (Å²) < 4.78 is 1130. The van der Waals surface area contributed by atoms with Gasteiger partial charge in [0.25, 0.3) is 0 Å². The van der Waals surface area contributed by atoms with E-state index in [0.29, 0.717) is 12.1 Å². The van der Waals surface area contributed by atoms with Crippen molar-refractivity contribution in [2.45, 2.75) is 321 Å². The highest BCUT2D eigenvalue weighted by Gasteiger charge is 2.98. The molecule has 0 aliphatic carbocycles. The Balaban J connectivity index is 5.67. The average molecular weight is 2370 g/mol. The van der Waals surface area contributed by atoms with E-state index >= 15 is 105 Å². The summed E-state index contributed by atoms with van der Waals surface area (Å²) in [7, 11) is -16.5. The molecule has 0 unspecified atom stereocenters. The van der Waals surface area contributed by atoms with Gasteiger partial charge in [0.05, 0.1) is 16.1 Å². The number of halogens is 78. The number of carbonyl (C=O) groups is 1. The summed E-state index contributed by atoms with van der Waals surface area (Å²) in [5.41, 5.74) is -1.71. The molecular formula is C62H44F78N2OSi2. The lowest BCUT2D eigenvalue weighted by atomic mass is 9.93. The van der Waals surface area contributed by atoms with Gasteiger partial charge in [-0.3, -0.25) is 0 Å². The van der Waals surface area contributed by atoms with Crippen LogP contribution < -0.4 is 5.32 Å². The predicted molar refractivity (Wildman–Crippen MR) is 323 cm³/mol. The number of rotatable bonds is 51. The summed E-state index contributed by atoms with van der Waals surface area (Å²) in [4.78, 5) is 12.9. The largest absolute Gasteiger partial charge is 0.460 e. The van der Waals surface area contributed by atoms with E-state index in [1.165, 1.54) is 0 Å². The predicted octanol–water partition coefficient (Wildman–Crippen LogP) is 33.3. The Morgan fingerprint density at radius 1 is 0.193 bits per heavy atom. The summed E-state index contributed by atoms with van der Waals surface area (Å²) in [6, 6.07) is -33.8. The summed E-state index contributed by atoms with van der Waals surface area (Å²) in [5, 5.41) is 1.09. The summed E-state index contributed by atoms with van der Waals surface area (Å²) in [5.74, 6) is -275. The van der Waals surface area contributed by atoms with Crippen molar-refractivity contribution in [3.63, 3.8) is 0 Å². The maximum atomic E-state index is 15.9. The summed E-state index contributed by atoms with van der Waals surface area (Å²) >= 11 is 0. The lowest BCUT2D eigenvalue weighted by molar-refractivity contribution is -0.440. The van der Waals surface area contributed by atoms with Gasteiger partial charge >= 0.3 is 221 Å². The van der Waals surface area contributed by atoms with Crippen molar-refractivity contribution in [1.82, 2.24) is 4.90 Å². The minimum absolute atomic E-state index is 0.193. The van der Waals surface area contributed by atoms with Crippen LogP contribution in [0, 0.1) is 6.92 Å². The number of aryl methyl sites for hydroxylation is 1. The summed E-state index contributed by atoms with van der Waals surface area (Å²) in [6.07, 6.45) is -87.3. The number of urea groups is 1. The van der Waals surface area contributed by atoms with Crippen molar-refractivity contribution in [1.29, 1.82) is 0 Å². The zero-order valence-electron chi connectivity index (χ0n) is 67.4. The Labute approximate surface area is 749 Å². The van der Waals surface area contributed by atoms with Gasteiger partial charge in [0.15, 0.2) is 0 Å². The molecule has 83 heteroatoms. The normalized spacial score (nSPS) is 16.5. The fourth-order valence-corrected chi connectivity index (χ4v) is 22.1. The lowest BCUT2D eigenvalue weighted by Crippen LogP contribution is -2.70. The van der Waals surface area contributed by atoms with Crippen LogP contribution in [0.3, 0.4) is 0 Å². The van der Waals surface area contributed by atoms with Crippen LogP contribution in [-0.2, 0) is 0 Å². The van der Waals surface area contributed by atoms with Crippen molar-refractivity contribution in [3.05, 3.63) is 29.8 Å². The molecular weight excluding hydrogens is 2330 g/mol. The lowest BCUT2D eigenvalue weighted by Gasteiger charge is -2.43. The Bertz CT molecular complexity index is 3840. The molecule has 0 radical (unpaired) electrons. The van der Waals surface area contributed by atoms with Gasteiger partial charge in [-0.1, -0.05) is 66.0 Å². The molecule has 0 aliphatic rings. The van der Waals surface area contributed by atoms with Crippen molar-refractivity contribution >= 4 is 27.9 Å². The number of hydrogen-bond acceptors (Lipinski definition) is 1. The smallest absolute Gasteiger partial charge is 0.325 e. The second-order valence-electron chi connectivity index (χ2n) is 31.5. The van der Waals surface area contributed by atoms with E-state index in [4.69, 9.17) is 0 Å². The van der Waals surface area contributed by atoms with Gasteiger partial charge in [0.1, 0.15) is 0 Å².